The number of halogens is 1. The van der Waals surface area contributed by atoms with E-state index in [9.17, 15) is 4.39 Å². The minimum Gasteiger partial charge on any atom is -0.486 e. The molecule has 0 atom stereocenters. The Bertz CT molecular complexity index is 738. The molecular weight excluding hydrogens is 273 g/mol. The number of rotatable bonds is 4. The lowest BCUT2D eigenvalue weighted by molar-refractivity contribution is 0.292. The van der Waals surface area contributed by atoms with Crippen LogP contribution in [0.1, 0.15) is 11.1 Å². The summed E-state index contributed by atoms with van der Waals surface area (Å²) in [5.74, 6) is -0.107. The van der Waals surface area contributed by atoms with Crippen molar-refractivity contribution in [2.45, 2.75) is 13.2 Å². The van der Waals surface area contributed by atoms with Gasteiger partial charge in [-0.2, -0.15) is 0 Å². The van der Waals surface area contributed by atoms with E-state index >= 15 is 0 Å². The predicted octanol–water partition coefficient (Wildman–Crippen LogP) is 4.08. The van der Waals surface area contributed by atoms with E-state index in [2.05, 4.69) is 17.5 Å². The highest BCUT2D eigenvalue weighted by Crippen LogP contribution is 2.27. The van der Waals surface area contributed by atoms with Gasteiger partial charge in [-0.15, -0.1) is 11.3 Å². The van der Waals surface area contributed by atoms with E-state index in [1.807, 2.05) is 12.1 Å². The second-order valence-electron chi connectivity index (χ2n) is 4.51. The summed E-state index contributed by atoms with van der Waals surface area (Å²) in [6.07, 6.45) is 0. The van der Waals surface area contributed by atoms with E-state index in [0.29, 0.717) is 13.2 Å². The second-order valence-corrected chi connectivity index (χ2v) is 5.43. The van der Waals surface area contributed by atoms with Gasteiger partial charge in [-0.25, -0.2) is 4.39 Å². The van der Waals surface area contributed by atoms with Gasteiger partial charge in [-0.05, 0) is 34.5 Å². The molecule has 0 bridgehead atoms. The highest BCUT2D eigenvalue weighted by atomic mass is 32.1. The highest BCUT2D eigenvalue weighted by Gasteiger charge is 2.07. The Kier molecular flexibility index (Phi) is 3.67. The lowest BCUT2D eigenvalue weighted by Crippen LogP contribution is -2.00. The van der Waals surface area contributed by atoms with Gasteiger partial charge < -0.3 is 10.5 Å². The lowest BCUT2D eigenvalue weighted by atomic mass is 10.2. The summed E-state index contributed by atoms with van der Waals surface area (Å²) in [4.78, 5) is 0. The molecule has 3 rings (SSSR count). The van der Waals surface area contributed by atoms with Gasteiger partial charge >= 0.3 is 0 Å². The smallest absolute Gasteiger partial charge is 0.165 e. The SMILES string of the molecule is NCc1ccc(OCc2csc3ccccc23)c(F)c1. The Morgan fingerprint density at radius 1 is 1.15 bits per heavy atom. The summed E-state index contributed by atoms with van der Waals surface area (Å²) in [6, 6.07) is 13.0. The summed E-state index contributed by atoms with van der Waals surface area (Å²) >= 11 is 1.67. The third kappa shape index (κ3) is 2.53. The molecule has 0 radical (unpaired) electrons. The summed E-state index contributed by atoms with van der Waals surface area (Å²) in [7, 11) is 0. The average molecular weight is 287 g/mol. The highest BCUT2D eigenvalue weighted by molar-refractivity contribution is 7.17. The van der Waals surface area contributed by atoms with Crippen LogP contribution in [0.5, 0.6) is 5.75 Å². The van der Waals surface area contributed by atoms with E-state index in [0.717, 1.165) is 16.5 Å². The Balaban J connectivity index is 1.79. The zero-order valence-corrected chi connectivity index (χ0v) is 11.6. The maximum Gasteiger partial charge on any atom is 0.165 e. The van der Waals surface area contributed by atoms with Gasteiger partial charge in [-0.3, -0.25) is 0 Å². The molecule has 0 aliphatic heterocycles. The fourth-order valence-electron chi connectivity index (χ4n) is 2.09. The normalized spacial score (nSPS) is 10.9. The third-order valence-corrected chi connectivity index (χ3v) is 4.19. The maximum absolute atomic E-state index is 13.8. The van der Waals surface area contributed by atoms with Crippen molar-refractivity contribution in [1.82, 2.24) is 0 Å². The fourth-order valence-corrected chi connectivity index (χ4v) is 3.04. The van der Waals surface area contributed by atoms with Gasteiger partial charge in [0, 0.05) is 16.8 Å². The predicted molar refractivity (Wildman–Crippen MR) is 80.4 cm³/mol. The van der Waals surface area contributed by atoms with Crippen molar-refractivity contribution in [2.24, 2.45) is 5.73 Å². The molecule has 0 fully saturated rings. The van der Waals surface area contributed by atoms with Crippen LogP contribution < -0.4 is 10.5 Å². The molecule has 0 amide bonds. The Labute approximate surface area is 120 Å². The van der Waals surface area contributed by atoms with Crippen molar-refractivity contribution in [3.8, 4) is 5.75 Å². The summed E-state index contributed by atoms with van der Waals surface area (Å²) in [5, 5.41) is 3.22. The molecule has 0 saturated carbocycles. The molecule has 0 aliphatic rings. The van der Waals surface area contributed by atoms with Crippen LogP contribution in [0.15, 0.2) is 47.8 Å². The van der Waals surface area contributed by atoms with Crippen molar-refractivity contribution >= 4 is 21.4 Å². The molecule has 0 aliphatic carbocycles. The number of hydrogen-bond donors (Lipinski definition) is 1. The zero-order valence-electron chi connectivity index (χ0n) is 10.8. The molecule has 20 heavy (non-hydrogen) atoms. The standard InChI is InChI=1S/C16H14FNOS/c17-14-7-11(8-18)5-6-15(14)19-9-12-10-20-16-4-2-1-3-13(12)16/h1-7,10H,8-9,18H2. The van der Waals surface area contributed by atoms with Gasteiger partial charge in [0.1, 0.15) is 6.61 Å². The molecule has 2 aromatic carbocycles. The van der Waals surface area contributed by atoms with Crippen LogP contribution in [0, 0.1) is 5.82 Å². The van der Waals surface area contributed by atoms with Gasteiger partial charge in [0.05, 0.1) is 0 Å². The largest absolute Gasteiger partial charge is 0.486 e. The first kappa shape index (κ1) is 13.1. The quantitative estimate of drug-likeness (QED) is 0.784. The summed E-state index contributed by atoms with van der Waals surface area (Å²) in [5.41, 5.74) is 7.31. The summed E-state index contributed by atoms with van der Waals surface area (Å²) < 4.78 is 20.6. The Morgan fingerprint density at radius 2 is 2.00 bits per heavy atom. The lowest BCUT2D eigenvalue weighted by Gasteiger charge is -2.07. The van der Waals surface area contributed by atoms with Crippen molar-refractivity contribution in [3.05, 3.63) is 64.8 Å². The van der Waals surface area contributed by atoms with Crippen molar-refractivity contribution < 1.29 is 9.13 Å². The molecule has 4 heteroatoms. The molecule has 0 unspecified atom stereocenters. The van der Waals surface area contributed by atoms with Crippen LogP contribution in [0.25, 0.3) is 10.1 Å². The number of thiophene rings is 1. The van der Waals surface area contributed by atoms with E-state index in [4.69, 9.17) is 10.5 Å². The van der Waals surface area contributed by atoms with Crippen molar-refractivity contribution in [3.63, 3.8) is 0 Å². The first-order valence-corrected chi connectivity index (χ1v) is 7.22. The number of hydrogen-bond acceptors (Lipinski definition) is 3. The van der Waals surface area contributed by atoms with Crippen molar-refractivity contribution in [2.75, 3.05) is 0 Å². The molecular formula is C16H14FNOS. The first-order valence-electron chi connectivity index (χ1n) is 6.34. The number of fused-ring (bicyclic) bond motifs is 1. The number of ether oxygens (including phenoxy) is 1. The Morgan fingerprint density at radius 3 is 2.80 bits per heavy atom. The van der Waals surface area contributed by atoms with Crippen LogP contribution in [-0.4, -0.2) is 0 Å². The minimum atomic E-state index is -0.368. The van der Waals surface area contributed by atoms with Crippen LogP contribution in [-0.2, 0) is 13.2 Å². The number of benzene rings is 2. The fraction of sp³-hybridized carbons (Fsp3) is 0.125. The monoisotopic (exact) mass is 287 g/mol. The molecule has 2 N–H and O–H groups in total. The van der Waals surface area contributed by atoms with E-state index < -0.39 is 0 Å². The minimum absolute atomic E-state index is 0.262. The molecule has 2 nitrogen and oxygen atoms in total. The summed E-state index contributed by atoms with van der Waals surface area (Å²) in [6.45, 7) is 0.690. The topological polar surface area (TPSA) is 35.2 Å². The van der Waals surface area contributed by atoms with Gasteiger partial charge in [0.15, 0.2) is 11.6 Å². The van der Waals surface area contributed by atoms with Gasteiger partial charge in [-0.1, -0.05) is 24.3 Å². The van der Waals surface area contributed by atoms with Crippen molar-refractivity contribution in [1.29, 1.82) is 0 Å². The third-order valence-electron chi connectivity index (χ3n) is 3.18. The van der Waals surface area contributed by atoms with Gasteiger partial charge in [0.2, 0.25) is 0 Å². The molecule has 3 aromatic rings. The number of nitrogens with two attached hydrogens (primary N) is 1. The molecule has 0 saturated heterocycles. The maximum atomic E-state index is 13.8. The second kappa shape index (κ2) is 5.61. The van der Waals surface area contributed by atoms with Crippen LogP contribution in [0.3, 0.4) is 0 Å². The van der Waals surface area contributed by atoms with Crippen LogP contribution in [0.4, 0.5) is 4.39 Å². The van der Waals surface area contributed by atoms with Gasteiger partial charge in [0.25, 0.3) is 0 Å². The van der Waals surface area contributed by atoms with E-state index in [1.165, 1.54) is 10.8 Å². The van der Waals surface area contributed by atoms with E-state index in [-0.39, 0.29) is 11.6 Å². The molecule has 1 heterocycles. The average Bonchev–Trinajstić information content (AvgIpc) is 2.89. The molecule has 102 valence electrons. The molecule has 1 aromatic heterocycles. The van der Waals surface area contributed by atoms with Crippen LogP contribution >= 0.6 is 11.3 Å². The molecule has 0 spiro atoms. The van der Waals surface area contributed by atoms with E-state index in [1.54, 1.807) is 23.5 Å². The van der Waals surface area contributed by atoms with Crippen LogP contribution in [0.2, 0.25) is 0 Å². The Hall–Kier alpha value is -1.91. The zero-order chi connectivity index (χ0) is 13.9. The first-order chi connectivity index (χ1) is 9.78.